The molecule has 1 aliphatic rings. The summed E-state index contributed by atoms with van der Waals surface area (Å²) >= 11 is 2.89. The van der Waals surface area contributed by atoms with Crippen molar-refractivity contribution in [1.82, 2.24) is 4.90 Å². The normalized spacial score (nSPS) is 15.5. The van der Waals surface area contributed by atoms with E-state index in [1.165, 1.54) is 11.0 Å². The van der Waals surface area contributed by atoms with Gasteiger partial charge < -0.3 is 9.64 Å². The van der Waals surface area contributed by atoms with Crippen LogP contribution < -0.4 is 9.46 Å². The zero-order valence-electron chi connectivity index (χ0n) is 10.2. The van der Waals surface area contributed by atoms with Gasteiger partial charge in [-0.3, -0.25) is 9.52 Å². The number of nitrogens with zero attached hydrogens (tertiary/aromatic N) is 1. The number of benzene rings is 1. The molecule has 0 spiro atoms. The minimum Gasteiger partial charge on any atom is -0.491 e. The first-order valence-corrected chi connectivity index (χ1v) is 8.29. The number of likely N-dealkylation sites (N-methyl/N-ethyl adjacent to an activating group) is 1. The molecule has 0 radical (unpaired) electrons. The van der Waals surface area contributed by atoms with Crippen molar-refractivity contribution in [2.24, 2.45) is 0 Å². The molecule has 1 heterocycles. The highest BCUT2D eigenvalue weighted by atomic mass is 79.9. The number of carbonyl (C=O) groups excluding carboxylic acids is 1. The van der Waals surface area contributed by atoms with Crippen molar-refractivity contribution in [3.05, 3.63) is 23.8 Å². The van der Waals surface area contributed by atoms with Crippen LogP contribution in [0.5, 0.6) is 5.75 Å². The van der Waals surface area contributed by atoms with Gasteiger partial charge in [-0.1, -0.05) is 15.9 Å². The summed E-state index contributed by atoms with van der Waals surface area (Å²) in [5, 5.41) is 0. The molecule has 2 rings (SSSR count). The topological polar surface area (TPSA) is 75.7 Å². The van der Waals surface area contributed by atoms with Crippen molar-refractivity contribution in [2.45, 2.75) is 0 Å². The van der Waals surface area contributed by atoms with Crippen LogP contribution in [0.15, 0.2) is 18.2 Å². The third-order valence-corrected chi connectivity index (χ3v) is 5.30. The molecule has 0 saturated carbocycles. The van der Waals surface area contributed by atoms with E-state index in [1.807, 2.05) is 0 Å². The SMILES string of the molecule is CN1CCOc2ccc(NS(=O)(=O)CBr)cc2C1=O. The lowest BCUT2D eigenvalue weighted by Crippen LogP contribution is -2.27. The number of rotatable bonds is 3. The monoisotopic (exact) mass is 348 g/mol. The van der Waals surface area contributed by atoms with Gasteiger partial charge in [0.15, 0.2) is 0 Å². The van der Waals surface area contributed by atoms with Crippen LogP contribution in [-0.2, 0) is 10.0 Å². The zero-order chi connectivity index (χ0) is 14.0. The van der Waals surface area contributed by atoms with Gasteiger partial charge >= 0.3 is 0 Å². The minimum atomic E-state index is -3.44. The molecular weight excluding hydrogens is 336 g/mol. The molecule has 0 unspecified atom stereocenters. The molecule has 0 saturated heterocycles. The molecule has 8 heteroatoms. The molecule has 1 aromatic rings. The second-order valence-corrected chi connectivity index (χ2v) is 7.14. The molecule has 0 atom stereocenters. The Balaban J connectivity index is 2.37. The Morgan fingerprint density at radius 3 is 2.89 bits per heavy atom. The average Bonchev–Trinajstić information content (AvgIpc) is 2.51. The number of anilines is 1. The van der Waals surface area contributed by atoms with Gasteiger partial charge in [-0.15, -0.1) is 0 Å². The lowest BCUT2D eigenvalue weighted by atomic mass is 10.1. The van der Waals surface area contributed by atoms with Crippen molar-refractivity contribution in [2.75, 3.05) is 29.6 Å². The maximum absolute atomic E-state index is 12.1. The van der Waals surface area contributed by atoms with E-state index in [0.29, 0.717) is 30.2 Å². The summed E-state index contributed by atoms with van der Waals surface area (Å²) in [5.74, 6) is 0.281. The lowest BCUT2D eigenvalue weighted by Gasteiger charge is -2.13. The van der Waals surface area contributed by atoms with Crippen LogP contribution in [-0.4, -0.2) is 44.1 Å². The van der Waals surface area contributed by atoms with Gasteiger partial charge in [-0.25, -0.2) is 8.42 Å². The van der Waals surface area contributed by atoms with Crippen LogP contribution in [0.25, 0.3) is 0 Å². The number of carbonyl (C=O) groups is 1. The van der Waals surface area contributed by atoms with E-state index in [2.05, 4.69) is 20.7 Å². The highest BCUT2D eigenvalue weighted by Gasteiger charge is 2.21. The van der Waals surface area contributed by atoms with Gasteiger partial charge in [-0.05, 0) is 18.2 Å². The number of sulfonamides is 1. The summed E-state index contributed by atoms with van der Waals surface area (Å²) in [6.07, 6.45) is 0. The third-order valence-electron chi connectivity index (χ3n) is 2.66. The molecule has 0 aliphatic carbocycles. The number of amides is 1. The fourth-order valence-electron chi connectivity index (χ4n) is 1.69. The van der Waals surface area contributed by atoms with E-state index in [9.17, 15) is 13.2 Å². The Labute approximate surface area is 119 Å². The summed E-state index contributed by atoms with van der Waals surface area (Å²) in [7, 11) is -1.76. The highest BCUT2D eigenvalue weighted by molar-refractivity contribution is 9.10. The third kappa shape index (κ3) is 3.19. The Morgan fingerprint density at radius 1 is 1.47 bits per heavy atom. The summed E-state index contributed by atoms with van der Waals surface area (Å²) in [6, 6.07) is 4.65. The lowest BCUT2D eigenvalue weighted by molar-refractivity contribution is 0.0797. The van der Waals surface area contributed by atoms with Gasteiger partial charge in [0, 0.05) is 12.7 Å². The highest BCUT2D eigenvalue weighted by Crippen LogP contribution is 2.26. The Morgan fingerprint density at radius 2 is 2.21 bits per heavy atom. The molecule has 1 N–H and O–H groups in total. The summed E-state index contributed by atoms with van der Waals surface area (Å²) in [6.45, 7) is 0.914. The molecule has 0 fully saturated rings. The molecule has 1 aliphatic heterocycles. The maximum Gasteiger partial charge on any atom is 0.257 e. The number of halogens is 1. The Kier molecular flexibility index (Phi) is 4.00. The Bertz CT molecular complexity index is 603. The van der Waals surface area contributed by atoms with Crippen LogP contribution in [0, 0.1) is 0 Å². The van der Waals surface area contributed by atoms with E-state index in [-0.39, 0.29) is 10.6 Å². The molecule has 1 aromatic carbocycles. The van der Waals surface area contributed by atoms with E-state index in [0.717, 1.165) is 0 Å². The van der Waals surface area contributed by atoms with Gasteiger partial charge in [0.25, 0.3) is 5.91 Å². The largest absolute Gasteiger partial charge is 0.491 e. The van der Waals surface area contributed by atoms with Crippen molar-refractivity contribution >= 4 is 37.5 Å². The first-order valence-electron chi connectivity index (χ1n) is 5.52. The molecular formula is C11H13BrN2O4S. The van der Waals surface area contributed by atoms with E-state index in [4.69, 9.17) is 4.74 Å². The Hall–Kier alpha value is -1.28. The summed E-state index contributed by atoms with van der Waals surface area (Å²) in [5.41, 5.74) is 0.695. The average molecular weight is 349 g/mol. The van der Waals surface area contributed by atoms with Crippen LogP contribution in [0.4, 0.5) is 5.69 Å². The van der Waals surface area contributed by atoms with E-state index < -0.39 is 10.0 Å². The zero-order valence-corrected chi connectivity index (χ0v) is 12.6. The van der Waals surface area contributed by atoms with E-state index >= 15 is 0 Å². The van der Waals surface area contributed by atoms with Crippen LogP contribution in [0.3, 0.4) is 0 Å². The second-order valence-electron chi connectivity index (χ2n) is 4.11. The van der Waals surface area contributed by atoms with Crippen molar-refractivity contribution in [3.63, 3.8) is 0 Å². The maximum atomic E-state index is 12.1. The van der Waals surface area contributed by atoms with E-state index in [1.54, 1.807) is 19.2 Å². The van der Waals surface area contributed by atoms with Crippen molar-refractivity contribution in [3.8, 4) is 5.75 Å². The van der Waals surface area contributed by atoms with Crippen LogP contribution in [0.1, 0.15) is 10.4 Å². The fourth-order valence-corrected chi connectivity index (χ4v) is 2.58. The standard InChI is InChI=1S/C11H13BrN2O4S/c1-14-4-5-18-10-3-2-8(6-9(10)11(14)15)13-19(16,17)7-12/h2-3,6,13H,4-5,7H2,1H3. The smallest absolute Gasteiger partial charge is 0.257 e. The van der Waals surface area contributed by atoms with Crippen molar-refractivity contribution in [1.29, 1.82) is 0 Å². The summed E-state index contributed by atoms with van der Waals surface area (Å²) < 4.78 is 30.5. The van der Waals surface area contributed by atoms with Crippen molar-refractivity contribution < 1.29 is 17.9 Å². The predicted molar refractivity (Wildman–Crippen MR) is 75.2 cm³/mol. The number of ether oxygens (including phenoxy) is 1. The first-order chi connectivity index (χ1) is 8.93. The first kappa shape index (κ1) is 14.1. The molecule has 1 amide bonds. The van der Waals surface area contributed by atoms with Gasteiger partial charge in [0.2, 0.25) is 10.0 Å². The number of nitrogens with one attached hydrogen (secondary N) is 1. The number of hydrogen-bond donors (Lipinski definition) is 1. The summed E-state index contributed by atoms with van der Waals surface area (Å²) in [4.78, 5) is 13.6. The molecule has 6 nitrogen and oxygen atoms in total. The van der Waals surface area contributed by atoms with Gasteiger partial charge in [0.1, 0.15) is 17.0 Å². The minimum absolute atomic E-state index is 0.188. The second kappa shape index (κ2) is 5.38. The quantitative estimate of drug-likeness (QED) is 0.834. The van der Waals surface area contributed by atoms with Crippen LogP contribution in [0.2, 0.25) is 0 Å². The number of hydrogen-bond acceptors (Lipinski definition) is 4. The number of fused-ring (bicyclic) bond motifs is 1. The van der Waals surface area contributed by atoms with Crippen LogP contribution >= 0.6 is 15.9 Å². The molecule has 19 heavy (non-hydrogen) atoms. The molecule has 0 bridgehead atoms. The number of alkyl halides is 1. The fraction of sp³-hybridized carbons (Fsp3) is 0.364. The van der Waals surface area contributed by atoms with Gasteiger partial charge in [0.05, 0.1) is 12.1 Å². The molecule has 0 aromatic heterocycles. The predicted octanol–water partition coefficient (Wildman–Crippen LogP) is 1.25. The molecule has 104 valence electrons. The van der Waals surface area contributed by atoms with Gasteiger partial charge in [-0.2, -0.15) is 0 Å².